The van der Waals surface area contributed by atoms with Crippen LogP contribution in [0.2, 0.25) is 0 Å². The fraction of sp³-hybridized carbons (Fsp3) is 0.267. The average molecular weight is 321 g/mol. The molecule has 0 aliphatic heterocycles. The molecule has 4 heteroatoms. The van der Waals surface area contributed by atoms with Gasteiger partial charge >= 0.3 is 0 Å². The molecular formula is C15H17BrN2O. The average Bonchev–Trinajstić information content (AvgIpc) is 2.76. The van der Waals surface area contributed by atoms with Crippen LogP contribution >= 0.6 is 15.9 Å². The van der Waals surface area contributed by atoms with Crippen LogP contribution in [-0.4, -0.2) is 17.5 Å². The van der Waals surface area contributed by atoms with Crippen molar-refractivity contribution in [1.29, 1.82) is 0 Å². The van der Waals surface area contributed by atoms with Crippen LogP contribution in [0.4, 0.5) is 5.69 Å². The molecule has 0 aliphatic carbocycles. The molecule has 19 heavy (non-hydrogen) atoms. The number of amides is 1. The third kappa shape index (κ3) is 2.89. The van der Waals surface area contributed by atoms with Crippen LogP contribution in [0.5, 0.6) is 0 Å². The van der Waals surface area contributed by atoms with Gasteiger partial charge in [0, 0.05) is 30.5 Å². The third-order valence-corrected chi connectivity index (χ3v) is 3.66. The van der Waals surface area contributed by atoms with Gasteiger partial charge in [-0.05, 0) is 46.1 Å². The summed E-state index contributed by atoms with van der Waals surface area (Å²) in [5, 5.41) is 0. The first-order valence-corrected chi connectivity index (χ1v) is 7.01. The highest BCUT2D eigenvalue weighted by atomic mass is 79.9. The number of rotatable bonds is 3. The number of carbonyl (C=O) groups is 1. The van der Waals surface area contributed by atoms with E-state index in [9.17, 15) is 4.79 Å². The molecule has 0 unspecified atom stereocenters. The number of carbonyl (C=O) groups excluding carboxylic acids is 1. The lowest BCUT2D eigenvalue weighted by atomic mass is 10.1. The second-order valence-corrected chi connectivity index (χ2v) is 5.45. The number of benzene rings is 1. The smallest absolute Gasteiger partial charge is 0.274 e. The normalized spacial score (nSPS) is 10.5. The van der Waals surface area contributed by atoms with Gasteiger partial charge in [0.25, 0.3) is 5.91 Å². The Morgan fingerprint density at radius 1 is 1.32 bits per heavy atom. The summed E-state index contributed by atoms with van der Waals surface area (Å²) < 4.78 is 2.73. The van der Waals surface area contributed by atoms with Crippen molar-refractivity contribution in [2.24, 2.45) is 7.05 Å². The maximum absolute atomic E-state index is 12.4. The quantitative estimate of drug-likeness (QED) is 0.847. The van der Waals surface area contributed by atoms with Crippen molar-refractivity contribution in [2.45, 2.75) is 13.3 Å². The summed E-state index contributed by atoms with van der Waals surface area (Å²) in [5.41, 5.74) is 2.83. The fourth-order valence-electron chi connectivity index (χ4n) is 1.98. The lowest BCUT2D eigenvalue weighted by Crippen LogP contribution is -2.27. The van der Waals surface area contributed by atoms with Gasteiger partial charge in [-0.1, -0.05) is 19.1 Å². The summed E-state index contributed by atoms with van der Waals surface area (Å²) >= 11 is 3.38. The van der Waals surface area contributed by atoms with Crippen molar-refractivity contribution in [1.82, 2.24) is 4.57 Å². The van der Waals surface area contributed by atoms with Gasteiger partial charge in [-0.3, -0.25) is 4.79 Å². The van der Waals surface area contributed by atoms with Gasteiger partial charge < -0.3 is 9.47 Å². The minimum Gasteiger partial charge on any atom is -0.345 e. The van der Waals surface area contributed by atoms with Crippen molar-refractivity contribution in [3.05, 3.63) is 52.3 Å². The number of hydrogen-bond acceptors (Lipinski definition) is 1. The minimum absolute atomic E-state index is 0.0163. The van der Waals surface area contributed by atoms with Crippen LogP contribution in [0.1, 0.15) is 23.0 Å². The molecule has 0 atom stereocenters. The first-order valence-electron chi connectivity index (χ1n) is 6.21. The summed E-state index contributed by atoms with van der Waals surface area (Å²) in [7, 11) is 3.66. The Kier molecular flexibility index (Phi) is 4.10. The maximum atomic E-state index is 12.4. The van der Waals surface area contributed by atoms with Crippen LogP contribution in [0.15, 0.2) is 41.0 Å². The molecule has 0 fully saturated rings. The number of anilines is 1. The maximum Gasteiger partial charge on any atom is 0.274 e. The molecule has 0 spiro atoms. The van der Waals surface area contributed by atoms with Crippen LogP contribution < -0.4 is 4.90 Å². The summed E-state index contributed by atoms with van der Waals surface area (Å²) in [5.74, 6) is -0.0163. The number of aryl methyl sites for hydroxylation is 2. The van der Waals surface area contributed by atoms with E-state index in [-0.39, 0.29) is 5.91 Å². The Morgan fingerprint density at radius 3 is 2.42 bits per heavy atom. The van der Waals surface area contributed by atoms with E-state index < -0.39 is 0 Å². The highest BCUT2D eigenvalue weighted by Crippen LogP contribution is 2.19. The van der Waals surface area contributed by atoms with Crippen molar-refractivity contribution in [3.8, 4) is 0 Å². The highest BCUT2D eigenvalue weighted by Gasteiger charge is 2.17. The number of halogens is 1. The Hall–Kier alpha value is -1.55. The molecule has 0 radical (unpaired) electrons. The lowest BCUT2D eigenvalue weighted by molar-refractivity contribution is 0.0985. The topological polar surface area (TPSA) is 25.2 Å². The van der Waals surface area contributed by atoms with Gasteiger partial charge in [-0.2, -0.15) is 0 Å². The predicted octanol–water partition coefficient (Wildman–Crippen LogP) is 3.63. The van der Waals surface area contributed by atoms with Gasteiger partial charge in [-0.15, -0.1) is 0 Å². The fourth-order valence-corrected chi connectivity index (χ4v) is 2.51. The van der Waals surface area contributed by atoms with Crippen LogP contribution in [0, 0.1) is 0 Å². The second-order valence-electron chi connectivity index (χ2n) is 4.54. The van der Waals surface area contributed by atoms with Crippen LogP contribution in [0.25, 0.3) is 0 Å². The molecule has 0 saturated carbocycles. The van der Waals surface area contributed by atoms with Crippen LogP contribution in [-0.2, 0) is 13.5 Å². The van der Waals surface area contributed by atoms with E-state index in [1.807, 2.05) is 36.0 Å². The van der Waals surface area contributed by atoms with E-state index in [1.54, 1.807) is 11.9 Å². The van der Waals surface area contributed by atoms with E-state index >= 15 is 0 Å². The molecule has 2 rings (SSSR count). The summed E-state index contributed by atoms with van der Waals surface area (Å²) in [6.45, 7) is 2.12. The zero-order chi connectivity index (χ0) is 14.0. The minimum atomic E-state index is -0.0163. The zero-order valence-corrected chi connectivity index (χ0v) is 12.9. The van der Waals surface area contributed by atoms with E-state index in [2.05, 4.69) is 35.0 Å². The van der Waals surface area contributed by atoms with Crippen molar-refractivity contribution < 1.29 is 4.79 Å². The van der Waals surface area contributed by atoms with Crippen LogP contribution in [0.3, 0.4) is 0 Å². The van der Waals surface area contributed by atoms with E-state index in [4.69, 9.17) is 0 Å². The Labute approximate surface area is 122 Å². The van der Waals surface area contributed by atoms with Gasteiger partial charge in [-0.25, -0.2) is 0 Å². The molecule has 1 aromatic heterocycles. The molecule has 0 saturated heterocycles. The SMILES string of the molecule is CCc1ccc(N(C)C(=O)c2cc(Br)cn2C)cc1. The van der Waals surface area contributed by atoms with E-state index in [1.165, 1.54) is 5.56 Å². The molecule has 100 valence electrons. The molecule has 0 N–H and O–H groups in total. The van der Waals surface area contributed by atoms with E-state index in [0.717, 1.165) is 16.6 Å². The predicted molar refractivity (Wildman–Crippen MR) is 81.7 cm³/mol. The first kappa shape index (κ1) is 13.9. The number of nitrogens with zero attached hydrogens (tertiary/aromatic N) is 2. The first-order chi connectivity index (χ1) is 9.02. The Morgan fingerprint density at radius 2 is 1.95 bits per heavy atom. The van der Waals surface area contributed by atoms with Gasteiger partial charge in [0.2, 0.25) is 0 Å². The Bertz CT molecular complexity index is 587. The third-order valence-electron chi connectivity index (χ3n) is 3.23. The standard InChI is InChI=1S/C15H17BrN2O/c1-4-11-5-7-13(8-6-11)18(3)15(19)14-9-12(16)10-17(14)2/h5-10H,4H2,1-3H3. The monoisotopic (exact) mass is 320 g/mol. The van der Waals surface area contributed by atoms with Crippen molar-refractivity contribution in [3.63, 3.8) is 0 Å². The number of aromatic nitrogens is 1. The molecule has 1 aromatic carbocycles. The van der Waals surface area contributed by atoms with Gasteiger partial charge in [0.1, 0.15) is 5.69 Å². The molecule has 0 aliphatic rings. The van der Waals surface area contributed by atoms with E-state index in [0.29, 0.717) is 5.69 Å². The molecule has 2 aromatic rings. The highest BCUT2D eigenvalue weighted by molar-refractivity contribution is 9.10. The summed E-state index contributed by atoms with van der Waals surface area (Å²) in [6.07, 6.45) is 2.88. The summed E-state index contributed by atoms with van der Waals surface area (Å²) in [6, 6.07) is 9.91. The van der Waals surface area contributed by atoms with Gasteiger partial charge in [0.15, 0.2) is 0 Å². The largest absolute Gasteiger partial charge is 0.345 e. The molecule has 1 heterocycles. The second kappa shape index (κ2) is 5.61. The zero-order valence-electron chi connectivity index (χ0n) is 11.4. The van der Waals surface area contributed by atoms with Gasteiger partial charge in [0.05, 0.1) is 0 Å². The van der Waals surface area contributed by atoms with Crippen molar-refractivity contribution >= 4 is 27.5 Å². The summed E-state index contributed by atoms with van der Waals surface area (Å²) in [4.78, 5) is 14.1. The lowest BCUT2D eigenvalue weighted by Gasteiger charge is -2.18. The molecule has 1 amide bonds. The molecule has 3 nitrogen and oxygen atoms in total. The number of hydrogen-bond donors (Lipinski definition) is 0. The van der Waals surface area contributed by atoms with Crippen molar-refractivity contribution in [2.75, 3.05) is 11.9 Å². The molecule has 0 bridgehead atoms. The molecular weight excluding hydrogens is 304 g/mol. The Balaban J connectivity index is 2.25.